The van der Waals surface area contributed by atoms with E-state index in [0.29, 0.717) is 0 Å². The van der Waals surface area contributed by atoms with E-state index in [0.717, 1.165) is 18.1 Å². The van der Waals surface area contributed by atoms with Gasteiger partial charge in [0.15, 0.2) is 5.82 Å². The summed E-state index contributed by atoms with van der Waals surface area (Å²) >= 11 is 0. The SMILES string of the molecule is C1=CC(c2ncn[nH]2)=NC1. The molecule has 0 radical (unpaired) electrons. The summed E-state index contributed by atoms with van der Waals surface area (Å²) in [4.78, 5) is 8.10. The topological polar surface area (TPSA) is 53.9 Å². The van der Waals surface area contributed by atoms with Crippen molar-refractivity contribution in [2.24, 2.45) is 4.99 Å². The van der Waals surface area contributed by atoms with Gasteiger partial charge in [0.25, 0.3) is 0 Å². The lowest BCUT2D eigenvalue weighted by molar-refractivity contribution is 1.08. The first-order chi connectivity index (χ1) is 4.97. The standard InChI is InChI=1S/C6H6N4/c1-2-5(7-3-1)6-8-4-9-10-6/h1-2,4H,3H2,(H,8,9,10). The first kappa shape index (κ1) is 5.34. The minimum absolute atomic E-state index is 0.744. The Morgan fingerprint density at radius 2 is 2.50 bits per heavy atom. The van der Waals surface area contributed by atoms with Crippen LogP contribution in [0.3, 0.4) is 0 Å². The summed E-state index contributed by atoms with van der Waals surface area (Å²) in [5, 5.41) is 6.45. The van der Waals surface area contributed by atoms with E-state index in [1.54, 1.807) is 0 Å². The van der Waals surface area contributed by atoms with Crippen LogP contribution >= 0.6 is 0 Å². The van der Waals surface area contributed by atoms with Gasteiger partial charge in [-0.25, -0.2) is 4.98 Å². The van der Waals surface area contributed by atoms with Crippen LogP contribution in [-0.2, 0) is 0 Å². The molecule has 1 aromatic heterocycles. The number of allylic oxidation sites excluding steroid dienone is 1. The molecule has 0 spiro atoms. The highest BCUT2D eigenvalue weighted by Crippen LogP contribution is 1.99. The Morgan fingerprint density at radius 3 is 3.10 bits per heavy atom. The molecule has 0 atom stereocenters. The van der Waals surface area contributed by atoms with Gasteiger partial charge >= 0.3 is 0 Å². The largest absolute Gasteiger partial charge is 0.277 e. The Labute approximate surface area is 57.7 Å². The quantitative estimate of drug-likeness (QED) is 0.595. The zero-order valence-electron chi connectivity index (χ0n) is 5.28. The molecule has 10 heavy (non-hydrogen) atoms. The van der Waals surface area contributed by atoms with Crippen molar-refractivity contribution >= 4 is 5.71 Å². The van der Waals surface area contributed by atoms with Crippen molar-refractivity contribution in [3.8, 4) is 0 Å². The first-order valence-corrected chi connectivity index (χ1v) is 3.03. The smallest absolute Gasteiger partial charge is 0.173 e. The van der Waals surface area contributed by atoms with Gasteiger partial charge in [0, 0.05) is 0 Å². The molecule has 4 nitrogen and oxygen atoms in total. The summed E-state index contributed by atoms with van der Waals surface area (Å²) in [7, 11) is 0. The predicted molar refractivity (Wildman–Crippen MR) is 36.9 cm³/mol. The molecule has 0 unspecified atom stereocenters. The van der Waals surface area contributed by atoms with E-state index in [1.165, 1.54) is 6.33 Å². The lowest BCUT2D eigenvalue weighted by Crippen LogP contribution is -1.96. The lowest BCUT2D eigenvalue weighted by Gasteiger charge is -1.86. The Kier molecular flexibility index (Phi) is 1.10. The van der Waals surface area contributed by atoms with Crippen molar-refractivity contribution in [1.82, 2.24) is 15.2 Å². The molecule has 0 aliphatic carbocycles. The van der Waals surface area contributed by atoms with Gasteiger partial charge in [-0.15, -0.1) is 0 Å². The van der Waals surface area contributed by atoms with Crippen LogP contribution < -0.4 is 0 Å². The Bertz CT molecular complexity index is 270. The maximum Gasteiger partial charge on any atom is 0.173 e. The third kappa shape index (κ3) is 0.737. The number of rotatable bonds is 1. The molecular formula is C6H6N4. The highest BCUT2D eigenvalue weighted by Gasteiger charge is 2.04. The third-order valence-corrected chi connectivity index (χ3v) is 1.30. The summed E-state index contributed by atoms with van der Waals surface area (Å²) in [5.74, 6) is 0.744. The normalized spacial score (nSPS) is 15.8. The van der Waals surface area contributed by atoms with Gasteiger partial charge in [0.2, 0.25) is 0 Å². The fourth-order valence-corrected chi connectivity index (χ4v) is 0.851. The molecule has 1 aromatic rings. The number of nitrogens with zero attached hydrogens (tertiary/aromatic N) is 3. The molecule has 0 bridgehead atoms. The van der Waals surface area contributed by atoms with Gasteiger partial charge in [-0.05, 0) is 6.08 Å². The van der Waals surface area contributed by atoms with Crippen molar-refractivity contribution in [2.75, 3.05) is 6.54 Å². The second-order valence-corrected chi connectivity index (χ2v) is 1.96. The van der Waals surface area contributed by atoms with E-state index in [2.05, 4.69) is 20.2 Å². The van der Waals surface area contributed by atoms with Crippen LogP contribution in [0.2, 0.25) is 0 Å². The maximum absolute atomic E-state index is 4.15. The predicted octanol–water partition coefficient (Wildman–Crippen LogP) is 0.164. The van der Waals surface area contributed by atoms with E-state index >= 15 is 0 Å². The van der Waals surface area contributed by atoms with Crippen LogP contribution in [0.15, 0.2) is 23.5 Å². The molecule has 1 aliphatic rings. The molecule has 4 heteroatoms. The monoisotopic (exact) mass is 134 g/mol. The van der Waals surface area contributed by atoms with Gasteiger partial charge in [-0.3, -0.25) is 10.1 Å². The van der Waals surface area contributed by atoms with Crippen molar-refractivity contribution in [1.29, 1.82) is 0 Å². The number of aromatic amines is 1. The van der Waals surface area contributed by atoms with Crippen LogP contribution in [0.1, 0.15) is 5.82 Å². The highest BCUT2D eigenvalue weighted by molar-refractivity contribution is 6.07. The van der Waals surface area contributed by atoms with E-state index in [-0.39, 0.29) is 0 Å². The average Bonchev–Trinajstić information content (AvgIpc) is 2.59. The summed E-state index contributed by atoms with van der Waals surface area (Å²) in [6, 6.07) is 0. The van der Waals surface area contributed by atoms with Crippen LogP contribution in [0, 0.1) is 0 Å². The Morgan fingerprint density at radius 1 is 1.50 bits per heavy atom. The van der Waals surface area contributed by atoms with Crippen molar-refractivity contribution < 1.29 is 0 Å². The summed E-state index contributed by atoms with van der Waals surface area (Å²) in [5.41, 5.74) is 0.887. The molecule has 0 amide bonds. The van der Waals surface area contributed by atoms with Crippen LogP contribution in [0.4, 0.5) is 0 Å². The summed E-state index contributed by atoms with van der Waals surface area (Å²) in [6.07, 6.45) is 5.39. The molecule has 0 fully saturated rings. The fourth-order valence-electron chi connectivity index (χ4n) is 0.851. The number of aromatic nitrogens is 3. The van der Waals surface area contributed by atoms with Crippen LogP contribution in [0.5, 0.6) is 0 Å². The number of aliphatic imine (C=N–C) groups is 1. The van der Waals surface area contributed by atoms with Crippen molar-refractivity contribution in [2.45, 2.75) is 0 Å². The molecule has 0 saturated heterocycles. The lowest BCUT2D eigenvalue weighted by atomic mass is 10.3. The van der Waals surface area contributed by atoms with Crippen molar-refractivity contribution in [3.05, 3.63) is 24.3 Å². The van der Waals surface area contributed by atoms with Gasteiger partial charge in [-0.1, -0.05) is 6.08 Å². The number of hydrogen-bond donors (Lipinski definition) is 1. The third-order valence-electron chi connectivity index (χ3n) is 1.30. The van der Waals surface area contributed by atoms with Gasteiger partial charge in [0.05, 0.1) is 6.54 Å². The zero-order valence-corrected chi connectivity index (χ0v) is 5.28. The second kappa shape index (κ2) is 2.06. The maximum atomic E-state index is 4.15. The second-order valence-electron chi connectivity index (χ2n) is 1.96. The van der Waals surface area contributed by atoms with Crippen LogP contribution in [-0.4, -0.2) is 27.4 Å². The molecular weight excluding hydrogens is 128 g/mol. The van der Waals surface area contributed by atoms with Crippen LogP contribution in [0.25, 0.3) is 0 Å². The van der Waals surface area contributed by atoms with Crippen molar-refractivity contribution in [3.63, 3.8) is 0 Å². The van der Waals surface area contributed by atoms with Gasteiger partial charge < -0.3 is 0 Å². The summed E-state index contributed by atoms with van der Waals surface area (Å²) in [6.45, 7) is 0.760. The number of nitrogens with one attached hydrogen (secondary N) is 1. The molecule has 0 aromatic carbocycles. The Balaban J connectivity index is 2.36. The number of H-pyrrole nitrogens is 1. The molecule has 1 aliphatic heterocycles. The highest BCUT2D eigenvalue weighted by atomic mass is 15.2. The van der Waals surface area contributed by atoms with Gasteiger partial charge in [0.1, 0.15) is 12.0 Å². The minimum atomic E-state index is 0.744. The fraction of sp³-hybridized carbons (Fsp3) is 0.167. The molecule has 50 valence electrons. The molecule has 2 heterocycles. The average molecular weight is 134 g/mol. The number of hydrogen-bond acceptors (Lipinski definition) is 3. The Hall–Kier alpha value is -1.45. The van der Waals surface area contributed by atoms with E-state index in [4.69, 9.17) is 0 Å². The van der Waals surface area contributed by atoms with E-state index < -0.39 is 0 Å². The molecule has 0 saturated carbocycles. The minimum Gasteiger partial charge on any atom is -0.277 e. The zero-order chi connectivity index (χ0) is 6.81. The van der Waals surface area contributed by atoms with Gasteiger partial charge in [-0.2, -0.15) is 5.10 Å². The first-order valence-electron chi connectivity index (χ1n) is 3.03. The molecule has 2 rings (SSSR count). The molecule has 1 N–H and O–H groups in total. The van der Waals surface area contributed by atoms with E-state index in [1.807, 2.05) is 12.2 Å². The summed E-state index contributed by atoms with van der Waals surface area (Å²) < 4.78 is 0. The van der Waals surface area contributed by atoms with E-state index in [9.17, 15) is 0 Å².